The average molecular weight is 299 g/mol. The Morgan fingerprint density at radius 2 is 1.67 bits per heavy atom. The fourth-order valence-electron chi connectivity index (χ4n) is 1.34. The smallest absolute Gasteiger partial charge is 0.147 e. The molecule has 0 saturated carbocycles. The number of rotatable bonds is 2. The molecule has 2 nitrogen and oxygen atoms in total. The summed E-state index contributed by atoms with van der Waals surface area (Å²) >= 11 is 17.7. The van der Waals surface area contributed by atoms with Crippen LogP contribution >= 0.6 is 34.8 Å². The van der Waals surface area contributed by atoms with Crippen molar-refractivity contribution < 1.29 is 4.74 Å². The summed E-state index contributed by atoms with van der Waals surface area (Å²) in [6.45, 7) is 0. The van der Waals surface area contributed by atoms with Gasteiger partial charge in [-0.1, -0.05) is 40.9 Å². The predicted octanol–water partition coefficient (Wildman–Crippen LogP) is 5.31. The van der Waals surface area contributed by atoms with Crippen LogP contribution in [0.2, 0.25) is 15.1 Å². The molecule has 90 valence electrons. The molecule has 2 aromatic rings. The van der Waals surface area contributed by atoms with Gasteiger partial charge in [0.15, 0.2) is 0 Å². The third-order valence-electron chi connectivity index (χ3n) is 2.17. The van der Waals surface area contributed by atoms with Gasteiger partial charge in [-0.3, -0.25) is 0 Å². The fourth-order valence-corrected chi connectivity index (χ4v) is 1.91. The van der Waals surface area contributed by atoms with Crippen LogP contribution in [0.4, 0.5) is 0 Å². The van der Waals surface area contributed by atoms with Crippen molar-refractivity contribution in [3.63, 3.8) is 0 Å². The molecule has 18 heavy (non-hydrogen) atoms. The lowest BCUT2D eigenvalue weighted by Crippen LogP contribution is -1.86. The van der Waals surface area contributed by atoms with E-state index in [0.717, 1.165) is 0 Å². The summed E-state index contributed by atoms with van der Waals surface area (Å²) in [4.78, 5) is 0. The van der Waals surface area contributed by atoms with Gasteiger partial charge in [0, 0.05) is 6.07 Å². The molecule has 0 N–H and O–H groups in total. The van der Waals surface area contributed by atoms with Crippen LogP contribution in [-0.2, 0) is 0 Å². The summed E-state index contributed by atoms with van der Waals surface area (Å²) in [5.74, 6) is 0.899. The van der Waals surface area contributed by atoms with E-state index < -0.39 is 0 Å². The van der Waals surface area contributed by atoms with Crippen molar-refractivity contribution in [3.05, 3.63) is 57.0 Å². The van der Waals surface area contributed by atoms with Gasteiger partial charge in [-0.15, -0.1) is 0 Å². The predicted molar refractivity (Wildman–Crippen MR) is 72.7 cm³/mol. The number of hydrogen-bond donors (Lipinski definition) is 0. The molecule has 0 aliphatic heterocycles. The van der Waals surface area contributed by atoms with Crippen LogP contribution in [0.3, 0.4) is 0 Å². The van der Waals surface area contributed by atoms with Crippen LogP contribution in [-0.4, -0.2) is 0 Å². The Bertz CT molecular complexity index is 635. The number of benzene rings is 2. The maximum absolute atomic E-state index is 8.79. The summed E-state index contributed by atoms with van der Waals surface area (Å²) in [6.07, 6.45) is 0. The summed E-state index contributed by atoms with van der Waals surface area (Å²) in [7, 11) is 0. The summed E-state index contributed by atoms with van der Waals surface area (Å²) in [5.41, 5.74) is 0.503. The Morgan fingerprint density at radius 3 is 2.39 bits per heavy atom. The number of ether oxygens (including phenoxy) is 1. The minimum Gasteiger partial charge on any atom is -0.456 e. The molecule has 0 spiro atoms. The molecule has 0 atom stereocenters. The SMILES string of the molecule is N#Cc1cccc(Oc2cc(Cl)c(Cl)cc2Cl)c1. The van der Waals surface area contributed by atoms with Crippen LogP contribution in [0.15, 0.2) is 36.4 Å². The molecule has 5 heteroatoms. The van der Waals surface area contributed by atoms with E-state index >= 15 is 0 Å². The molecule has 0 heterocycles. The first-order chi connectivity index (χ1) is 8.60. The first-order valence-electron chi connectivity index (χ1n) is 4.92. The first-order valence-corrected chi connectivity index (χ1v) is 6.06. The highest BCUT2D eigenvalue weighted by atomic mass is 35.5. The fraction of sp³-hybridized carbons (Fsp3) is 0. The van der Waals surface area contributed by atoms with Gasteiger partial charge in [0.1, 0.15) is 11.5 Å². The van der Waals surface area contributed by atoms with Gasteiger partial charge in [-0.25, -0.2) is 0 Å². The normalized spacial score (nSPS) is 9.89. The van der Waals surface area contributed by atoms with Crippen molar-refractivity contribution >= 4 is 34.8 Å². The van der Waals surface area contributed by atoms with Crippen LogP contribution in [0.5, 0.6) is 11.5 Å². The lowest BCUT2D eigenvalue weighted by Gasteiger charge is -2.09. The van der Waals surface area contributed by atoms with Crippen LogP contribution in [0.1, 0.15) is 5.56 Å². The molecule has 0 aliphatic rings. The second-order valence-corrected chi connectivity index (χ2v) is 4.66. The van der Waals surface area contributed by atoms with E-state index in [1.807, 2.05) is 6.07 Å². The van der Waals surface area contributed by atoms with Gasteiger partial charge in [0.05, 0.1) is 26.7 Å². The van der Waals surface area contributed by atoms with Gasteiger partial charge >= 0.3 is 0 Å². The maximum Gasteiger partial charge on any atom is 0.147 e. The Labute approximate surface area is 119 Å². The van der Waals surface area contributed by atoms with Crippen molar-refractivity contribution in [2.75, 3.05) is 0 Å². The molecule has 0 unspecified atom stereocenters. The maximum atomic E-state index is 8.79. The molecule has 0 bridgehead atoms. The Kier molecular flexibility index (Phi) is 3.98. The molecular formula is C13H6Cl3NO. The second-order valence-electron chi connectivity index (χ2n) is 3.44. The largest absolute Gasteiger partial charge is 0.456 e. The van der Waals surface area contributed by atoms with E-state index in [9.17, 15) is 0 Å². The number of hydrogen-bond acceptors (Lipinski definition) is 2. The third-order valence-corrected chi connectivity index (χ3v) is 3.18. The molecule has 0 fully saturated rings. The van der Waals surface area contributed by atoms with Gasteiger partial charge in [0.2, 0.25) is 0 Å². The van der Waals surface area contributed by atoms with E-state index in [1.165, 1.54) is 12.1 Å². The first kappa shape index (κ1) is 13.0. The van der Waals surface area contributed by atoms with Crippen LogP contribution < -0.4 is 4.74 Å². The van der Waals surface area contributed by atoms with E-state index in [1.54, 1.807) is 24.3 Å². The minimum atomic E-state index is 0.353. The monoisotopic (exact) mass is 297 g/mol. The van der Waals surface area contributed by atoms with Crippen LogP contribution in [0.25, 0.3) is 0 Å². The zero-order valence-corrected chi connectivity index (χ0v) is 11.2. The summed E-state index contributed by atoms with van der Waals surface area (Å²) in [6, 6.07) is 11.8. The zero-order chi connectivity index (χ0) is 13.1. The highest BCUT2D eigenvalue weighted by Crippen LogP contribution is 2.36. The zero-order valence-electron chi connectivity index (χ0n) is 8.95. The number of nitrogens with zero attached hydrogens (tertiary/aromatic N) is 1. The van der Waals surface area contributed by atoms with Gasteiger partial charge < -0.3 is 4.74 Å². The molecule has 0 radical (unpaired) electrons. The Balaban J connectivity index is 2.34. The highest BCUT2D eigenvalue weighted by molar-refractivity contribution is 6.43. The molecule has 2 rings (SSSR count). The number of nitriles is 1. The lowest BCUT2D eigenvalue weighted by atomic mass is 10.2. The van der Waals surface area contributed by atoms with E-state index in [2.05, 4.69) is 0 Å². The topological polar surface area (TPSA) is 33.0 Å². The minimum absolute atomic E-state index is 0.353. The third kappa shape index (κ3) is 2.88. The molecule has 2 aromatic carbocycles. The van der Waals surface area contributed by atoms with Crippen molar-refractivity contribution in [2.24, 2.45) is 0 Å². The lowest BCUT2D eigenvalue weighted by molar-refractivity contribution is 0.483. The van der Waals surface area contributed by atoms with Crippen molar-refractivity contribution in [2.45, 2.75) is 0 Å². The van der Waals surface area contributed by atoms with Crippen LogP contribution in [0, 0.1) is 11.3 Å². The summed E-state index contributed by atoms with van der Waals surface area (Å²) < 4.78 is 5.56. The van der Waals surface area contributed by atoms with E-state index in [0.29, 0.717) is 32.1 Å². The van der Waals surface area contributed by atoms with Gasteiger partial charge in [-0.2, -0.15) is 5.26 Å². The molecular weight excluding hydrogens is 293 g/mol. The highest BCUT2D eigenvalue weighted by Gasteiger charge is 2.08. The number of halogens is 3. The Morgan fingerprint density at radius 1 is 0.944 bits per heavy atom. The van der Waals surface area contributed by atoms with Gasteiger partial charge in [-0.05, 0) is 24.3 Å². The van der Waals surface area contributed by atoms with E-state index in [4.69, 9.17) is 44.8 Å². The average Bonchev–Trinajstić information content (AvgIpc) is 2.36. The molecule has 0 saturated heterocycles. The van der Waals surface area contributed by atoms with Crippen molar-refractivity contribution in [3.8, 4) is 17.6 Å². The van der Waals surface area contributed by atoms with Gasteiger partial charge in [0.25, 0.3) is 0 Å². The molecule has 0 amide bonds. The van der Waals surface area contributed by atoms with Crippen molar-refractivity contribution in [1.29, 1.82) is 5.26 Å². The Hall–Kier alpha value is -1.40. The second kappa shape index (κ2) is 5.49. The van der Waals surface area contributed by atoms with Crippen molar-refractivity contribution in [1.82, 2.24) is 0 Å². The molecule has 0 aromatic heterocycles. The standard InChI is InChI=1S/C13H6Cl3NO/c14-10-5-12(16)13(6-11(10)15)18-9-3-1-2-8(4-9)7-17/h1-6H. The summed E-state index contributed by atoms with van der Waals surface area (Å²) in [5, 5.41) is 9.86. The molecule has 0 aliphatic carbocycles. The quantitative estimate of drug-likeness (QED) is 0.704. The van der Waals surface area contributed by atoms with E-state index in [-0.39, 0.29) is 0 Å².